The summed E-state index contributed by atoms with van der Waals surface area (Å²) in [6.45, 7) is 13.1. The Balaban J connectivity index is 2.29. The third kappa shape index (κ3) is 5.49. The van der Waals surface area contributed by atoms with Crippen LogP contribution in [0.15, 0.2) is 109 Å². The summed E-state index contributed by atoms with van der Waals surface area (Å²) in [6.07, 6.45) is 0. The fraction of sp³-hybridized carbons (Fsp3) is 0.250. The number of rotatable bonds is 9. The molecule has 0 amide bonds. The second kappa shape index (κ2) is 10.5. The van der Waals surface area contributed by atoms with Crippen molar-refractivity contribution in [3.8, 4) is 11.5 Å². The van der Waals surface area contributed by atoms with Gasteiger partial charge in [-0.1, -0.05) is 84.9 Å². The summed E-state index contributed by atoms with van der Waals surface area (Å²) in [5.41, 5.74) is 1.38. The number of hydrogen-bond acceptors (Lipinski definition) is 4. The highest BCUT2D eigenvalue weighted by atomic mass is 28.4. The molecular formula is C32H38O4Si2. The molecule has 0 aromatic heterocycles. The molecular weight excluding hydrogens is 505 g/mol. The van der Waals surface area contributed by atoms with Crippen LogP contribution in [0.2, 0.25) is 39.3 Å². The molecule has 4 aromatic rings. The van der Waals surface area contributed by atoms with Crippen LogP contribution in [-0.2, 0) is 20.1 Å². The van der Waals surface area contributed by atoms with Gasteiger partial charge in [0.25, 0.3) is 0 Å². The zero-order chi connectivity index (χ0) is 27.6. The summed E-state index contributed by atoms with van der Waals surface area (Å²) in [5.74, 6) is 0.356. The van der Waals surface area contributed by atoms with E-state index in [9.17, 15) is 10.2 Å². The molecule has 0 radical (unpaired) electrons. The summed E-state index contributed by atoms with van der Waals surface area (Å²) >= 11 is 0. The molecule has 0 aliphatic rings. The first-order valence-corrected chi connectivity index (χ1v) is 19.8. The number of phenolic OH excluding ortho intramolecular Hbond substituents is 2. The van der Waals surface area contributed by atoms with E-state index in [0.717, 1.165) is 22.3 Å². The molecule has 2 N–H and O–H groups in total. The molecule has 0 unspecified atom stereocenters. The maximum atomic E-state index is 10.3. The molecule has 0 aliphatic heterocycles. The highest BCUT2D eigenvalue weighted by molar-refractivity contribution is 6.70. The quantitative estimate of drug-likeness (QED) is 0.210. The Morgan fingerprint density at radius 3 is 0.947 bits per heavy atom. The minimum atomic E-state index is -2.33. The summed E-state index contributed by atoms with van der Waals surface area (Å²) in [4.78, 5) is 0. The van der Waals surface area contributed by atoms with Gasteiger partial charge in [0.05, 0.1) is 0 Å². The molecule has 0 bridgehead atoms. The van der Waals surface area contributed by atoms with E-state index in [1.807, 2.05) is 60.7 Å². The average Bonchev–Trinajstić information content (AvgIpc) is 2.87. The fourth-order valence-electron chi connectivity index (χ4n) is 5.18. The van der Waals surface area contributed by atoms with E-state index in [0.29, 0.717) is 0 Å². The third-order valence-corrected chi connectivity index (χ3v) is 8.16. The maximum absolute atomic E-state index is 10.3. The lowest BCUT2D eigenvalue weighted by Gasteiger charge is -2.55. The van der Waals surface area contributed by atoms with Gasteiger partial charge in [-0.05, 0) is 85.8 Å². The topological polar surface area (TPSA) is 58.9 Å². The first-order valence-electron chi connectivity index (χ1n) is 13.0. The van der Waals surface area contributed by atoms with Crippen molar-refractivity contribution in [3.05, 3.63) is 131 Å². The van der Waals surface area contributed by atoms with Crippen molar-refractivity contribution in [1.29, 1.82) is 0 Å². The number of benzene rings is 4. The lowest BCUT2D eigenvalue weighted by atomic mass is 9.66. The molecule has 0 aliphatic carbocycles. The molecule has 0 heterocycles. The summed E-state index contributed by atoms with van der Waals surface area (Å²) in [5, 5.41) is 20.6. The van der Waals surface area contributed by atoms with E-state index in [-0.39, 0.29) is 11.5 Å². The Hall–Kier alpha value is -3.17. The van der Waals surface area contributed by atoms with Gasteiger partial charge in [-0.2, -0.15) is 0 Å². The number of phenols is 2. The van der Waals surface area contributed by atoms with E-state index >= 15 is 0 Å². The van der Waals surface area contributed by atoms with Crippen LogP contribution in [0.5, 0.6) is 11.5 Å². The highest BCUT2D eigenvalue weighted by Gasteiger charge is 2.60. The minimum Gasteiger partial charge on any atom is -0.508 e. The first kappa shape index (κ1) is 27.9. The molecule has 4 rings (SSSR count). The minimum absolute atomic E-state index is 0.178. The van der Waals surface area contributed by atoms with Crippen molar-refractivity contribution >= 4 is 16.6 Å². The van der Waals surface area contributed by atoms with Gasteiger partial charge < -0.3 is 19.1 Å². The number of aromatic hydroxyl groups is 2. The van der Waals surface area contributed by atoms with Crippen LogP contribution in [0.1, 0.15) is 22.3 Å². The van der Waals surface area contributed by atoms with Crippen LogP contribution < -0.4 is 0 Å². The Kier molecular flexibility index (Phi) is 7.72. The van der Waals surface area contributed by atoms with Gasteiger partial charge in [0.15, 0.2) is 16.6 Å². The summed E-state index contributed by atoms with van der Waals surface area (Å²) in [7, 11) is -4.62. The van der Waals surface area contributed by atoms with Gasteiger partial charge in [0.2, 0.25) is 0 Å². The zero-order valence-corrected chi connectivity index (χ0v) is 25.1. The molecule has 0 fully saturated rings. The van der Waals surface area contributed by atoms with Gasteiger partial charge in [-0.15, -0.1) is 0 Å². The van der Waals surface area contributed by atoms with E-state index in [1.54, 1.807) is 24.3 Å². The van der Waals surface area contributed by atoms with Crippen molar-refractivity contribution in [2.45, 2.75) is 50.5 Å². The van der Waals surface area contributed by atoms with E-state index in [2.05, 4.69) is 63.5 Å². The first-order chi connectivity index (χ1) is 17.9. The molecule has 0 saturated heterocycles. The monoisotopic (exact) mass is 542 g/mol. The summed E-state index contributed by atoms with van der Waals surface area (Å²) in [6, 6.07) is 35.1. The van der Waals surface area contributed by atoms with Crippen LogP contribution in [0.25, 0.3) is 0 Å². The van der Waals surface area contributed by atoms with Crippen molar-refractivity contribution in [2.75, 3.05) is 0 Å². The van der Waals surface area contributed by atoms with Crippen LogP contribution >= 0.6 is 0 Å². The molecule has 6 heteroatoms. The second-order valence-corrected chi connectivity index (χ2v) is 20.5. The predicted molar refractivity (Wildman–Crippen MR) is 160 cm³/mol. The molecule has 4 aromatic carbocycles. The second-order valence-electron chi connectivity index (χ2n) is 11.6. The Labute approximate surface area is 228 Å². The largest absolute Gasteiger partial charge is 0.508 e. The van der Waals surface area contributed by atoms with Crippen LogP contribution in [-0.4, -0.2) is 26.8 Å². The van der Waals surface area contributed by atoms with Crippen molar-refractivity contribution in [3.63, 3.8) is 0 Å². The van der Waals surface area contributed by atoms with Crippen LogP contribution in [0, 0.1) is 0 Å². The lowest BCUT2D eigenvalue weighted by Crippen LogP contribution is -2.60. The molecule has 0 saturated carbocycles. The molecule has 38 heavy (non-hydrogen) atoms. The smallest absolute Gasteiger partial charge is 0.185 e. The van der Waals surface area contributed by atoms with Gasteiger partial charge in [0, 0.05) is 0 Å². The highest BCUT2D eigenvalue weighted by Crippen LogP contribution is 2.57. The predicted octanol–water partition coefficient (Wildman–Crippen LogP) is 7.99. The average molecular weight is 543 g/mol. The van der Waals surface area contributed by atoms with Gasteiger partial charge in [-0.3, -0.25) is 0 Å². The van der Waals surface area contributed by atoms with Crippen LogP contribution in [0.4, 0.5) is 0 Å². The molecule has 198 valence electrons. The molecule has 4 nitrogen and oxygen atoms in total. The number of hydrogen-bond donors (Lipinski definition) is 2. The van der Waals surface area contributed by atoms with Gasteiger partial charge in [-0.25, -0.2) is 0 Å². The Morgan fingerprint density at radius 1 is 0.421 bits per heavy atom. The van der Waals surface area contributed by atoms with Crippen LogP contribution in [0.3, 0.4) is 0 Å². The standard InChI is InChI=1S/C32H38O4Si2/c1-37(2,3)35-31(25-13-9-7-10-14-25,26-15-11-8-12-16-26)32(36-38(4,5)6,27-17-21-29(33)22-18-27)28-19-23-30(34)24-20-28/h7-24,33-34H,1-6H3. The van der Waals surface area contributed by atoms with E-state index in [1.165, 1.54) is 0 Å². The normalized spacial score (nSPS) is 12.9. The van der Waals surface area contributed by atoms with Crippen molar-refractivity contribution in [2.24, 2.45) is 0 Å². The third-order valence-electron chi connectivity index (χ3n) is 6.32. The van der Waals surface area contributed by atoms with E-state index < -0.39 is 27.8 Å². The SMILES string of the molecule is C[Si](C)(C)OC(c1ccccc1)(c1ccccc1)C(O[Si](C)(C)C)(c1ccc(O)cc1)c1ccc(O)cc1. The van der Waals surface area contributed by atoms with Gasteiger partial charge in [0.1, 0.15) is 22.7 Å². The van der Waals surface area contributed by atoms with Crippen molar-refractivity contribution in [1.82, 2.24) is 0 Å². The van der Waals surface area contributed by atoms with Crippen molar-refractivity contribution < 1.29 is 19.1 Å². The fourth-order valence-corrected chi connectivity index (χ4v) is 7.78. The Bertz CT molecular complexity index is 1240. The van der Waals surface area contributed by atoms with Gasteiger partial charge >= 0.3 is 0 Å². The lowest BCUT2D eigenvalue weighted by molar-refractivity contribution is -0.0880. The Morgan fingerprint density at radius 2 is 0.684 bits per heavy atom. The van der Waals surface area contributed by atoms with E-state index in [4.69, 9.17) is 8.85 Å². The molecule has 0 spiro atoms. The molecule has 0 atom stereocenters. The summed E-state index contributed by atoms with van der Waals surface area (Å²) < 4.78 is 15.0. The zero-order valence-electron chi connectivity index (χ0n) is 23.1. The maximum Gasteiger partial charge on any atom is 0.185 e.